The van der Waals surface area contributed by atoms with Crippen LogP contribution in [0.5, 0.6) is 0 Å². The van der Waals surface area contributed by atoms with Gasteiger partial charge in [0.05, 0.1) is 6.42 Å². The van der Waals surface area contributed by atoms with Gasteiger partial charge in [-0.05, 0) is 56.9 Å². The summed E-state index contributed by atoms with van der Waals surface area (Å²) in [5.41, 5.74) is 0.358. The van der Waals surface area contributed by atoms with E-state index >= 15 is 0 Å². The molecule has 1 saturated heterocycles. The zero-order valence-electron chi connectivity index (χ0n) is 20.2. The third-order valence-electron chi connectivity index (χ3n) is 6.56. The lowest BCUT2D eigenvalue weighted by atomic mass is 9.80. The van der Waals surface area contributed by atoms with Crippen molar-refractivity contribution in [3.63, 3.8) is 0 Å². The molecule has 2 rings (SSSR count). The average Bonchev–Trinajstić information content (AvgIpc) is 2.97. The quantitative estimate of drug-likeness (QED) is 0.232. The Bertz CT molecular complexity index is 646. The molecule has 4 nitrogen and oxygen atoms in total. The first-order valence-corrected chi connectivity index (χ1v) is 12.3. The fourth-order valence-electron chi connectivity index (χ4n) is 5.37. The van der Waals surface area contributed by atoms with Crippen molar-refractivity contribution in [3.05, 3.63) is 35.9 Å². The predicted octanol–water partition coefficient (Wildman–Crippen LogP) is 7.36. The Morgan fingerprint density at radius 2 is 1.55 bits per heavy atom. The van der Waals surface area contributed by atoms with Gasteiger partial charge in [0.25, 0.3) is 0 Å². The molecule has 176 valence electrons. The van der Waals surface area contributed by atoms with Gasteiger partial charge in [-0.15, -0.1) is 0 Å². The van der Waals surface area contributed by atoms with Crippen LogP contribution in [0.2, 0.25) is 0 Å². The van der Waals surface area contributed by atoms with Gasteiger partial charge in [-0.1, -0.05) is 82.7 Å². The van der Waals surface area contributed by atoms with Crippen LogP contribution in [0.25, 0.3) is 0 Å². The maximum Gasteiger partial charge on any atom is 0.306 e. The molecule has 4 heteroatoms. The largest absolute Gasteiger partial charge is 0.481 e. The standard InChI is InChI=1S/C27H44O4/c1-22(14-10-7-5-6-8-11-15-24-16-12-9-13-17-24)18-23(2)19-26(3)21-27(4,31-30-26)20-25(28)29/h9,12-13,16-17,22-23H,5-8,10-11,14-15,18-21H2,1-4H3,(H,28,29)/t22?,23?,26-,27+/m1/s1. The van der Waals surface area contributed by atoms with Gasteiger partial charge in [0.1, 0.15) is 11.2 Å². The second kappa shape index (κ2) is 12.6. The maximum absolute atomic E-state index is 11.1. The Labute approximate surface area is 189 Å². The summed E-state index contributed by atoms with van der Waals surface area (Å²) in [5, 5.41) is 9.09. The van der Waals surface area contributed by atoms with Gasteiger partial charge in [-0.25, -0.2) is 9.78 Å². The van der Waals surface area contributed by atoms with Crippen LogP contribution in [0.15, 0.2) is 30.3 Å². The lowest BCUT2D eigenvalue weighted by Gasteiger charge is -2.26. The van der Waals surface area contributed by atoms with E-state index in [1.807, 2.05) is 6.92 Å². The van der Waals surface area contributed by atoms with E-state index in [0.29, 0.717) is 18.3 Å². The van der Waals surface area contributed by atoms with Crippen LogP contribution >= 0.6 is 0 Å². The second-order valence-corrected chi connectivity index (χ2v) is 10.6. The fraction of sp³-hybridized carbons (Fsp3) is 0.741. The molecular formula is C27H44O4. The Kier molecular flexibility index (Phi) is 10.5. The summed E-state index contributed by atoms with van der Waals surface area (Å²) in [4.78, 5) is 22.1. The SMILES string of the molecule is CC(CCCCCCCCc1ccccc1)CC(C)C[C@]1(C)C[C@](C)(CC(=O)O)OO1. The molecular weight excluding hydrogens is 388 g/mol. The van der Waals surface area contributed by atoms with Crippen molar-refractivity contribution in [1.82, 2.24) is 0 Å². The number of hydrogen-bond acceptors (Lipinski definition) is 3. The molecule has 1 aromatic carbocycles. The van der Waals surface area contributed by atoms with Crippen molar-refractivity contribution >= 4 is 5.97 Å². The molecule has 1 aliphatic rings. The summed E-state index contributed by atoms with van der Waals surface area (Å²) in [6, 6.07) is 10.8. The van der Waals surface area contributed by atoms with E-state index in [9.17, 15) is 4.79 Å². The minimum atomic E-state index is -0.840. The lowest BCUT2D eigenvalue weighted by Crippen LogP contribution is -2.32. The first-order valence-electron chi connectivity index (χ1n) is 12.3. The summed E-state index contributed by atoms with van der Waals surface area (Å²) < 4.78 is 0. The molecule has 1 aromatic rings. The Hall–Kier alpha value is -1.39. The van der Waals surface area contributed by atoms with Gasteiger partial charge in [0.2, 0.25) is 0 Å². The summed E-state index contributed by atoms with van der Waals surface area (Å²) in [6.45, 7) is 8.53. The van der Waals surface area contributed by atoms with E-state index in [2.05, 4.69) is 51.1 Å². The smallest absolute Gasteiger partial charge is 0.306 e. The third kappa shape index (κ3) is 10.2. The van der Waals surface area contributed by atoms with Crippen LogP contribution in [0.4, 0.5) is 0 Å². The normalized spacial score (nSPS) is 25.4. The fourth-order valence-corrected chi connectivity index (χ4v) is 5.37. The van der Waals surface area contributed by atoms with Crippen LogP contribution in [-0.4, -0.2) is 22.3 Å². The van der Waals surface area contributed by atoms with Crippen LogP contribution in [0.3, 0.4) is 0 Å². The van der Waals surface area contributed by atoms with Crippen molar-refractivity contribution in [1.29, 1.82) is 0 Å². The number of rotatable bonds is 15. The van der Waals surface area contributed by atoms with Gasteiger partial charge in [-0.2, -0.15) is 0 Å². The van der Waals surface area contributed by atoms with Crippen molar-refractivity contribution in [2.24, 2.45) is 11.8 Å². The molecule has 1 aliphatic heterocycles. The number of carboxylic acids is 1. The number of aryl methyl sites for hydroxylation is 1. The van der Waals surface area contributed by atoms with Gasteiger partial charge in [-0.3, -0.25) is 4.79 Å². The first-order chi connectivity index (χ1) is 14.7. The van der Waals surface area contributed by atoms with E-state index in [1.165, 1.54) is 63.4 Å². The van der Waals surface area contributed by atoms with Crippen LogP contribution in [0, 0.1) is 11.8 Å². The number of unbranched alkanes of at least 4 members (excludes halogenated alkanes) is 5. The van der Waals surface area contributed by atoms with Gasteiger partial charge in [0, 0.05) is 6.42 Å². The van der Waals surface area contributed by atoms with Gasteiger partial charge >= 0.3 is 5.97 Å². The minimum absolute atomic E-state index is 0.0143. The monoisotopic (exact) mass is 432 g/mol. The van der Waals surface area contributed by atoms with E-state index in [4.69, 9.17) is 14.9 Å². The topological polar surface area (TPSA) is 55.8 Å². The molecule has 0 saturated carbocycles. The molecule has 0 spiro atoms. The molecule has 0 amide bonds. The van der Waals surface area contributed by atoms with Crippen LogP contribution in [0.1, 0.15) is 104 Å². The highest BCUT2D eigenvalue weighted by atomic mass is 17.2. The van der Waals surface area contributed by atoms with E-state index in [0.717, 1.165) is 6.42 Å². The molecule has 31 heavy (non-hydrogen) atoms. The molecule has 1 fully saturated rings. The van der Waals surface area contributed by atoms with Crippen molar-refractivity contribution in [2.75, 3.05) is 0 Å². The molecule has 1 N–H and O–H groups in total. The average molecular weight is 433 g/mol. The summed E-state index contributed by atoms with van der Waals surface area (Å²) in [6.07, 6.45) is 13.2. The van der Waals surface area contributed by atoms with Crippen LogP contribution < -0.4 is 0 Å². The molecule has 0 aliphatic carbocycles. The van der Waals surface area contributed by atoms with Crippen molar-refractivity contribution in [2.45, 2.75) is 116 Å². The number of benzene rings is 1. The Morgan fingerprint density at radius 1 is 0.935 bits per heavy atom. The summed E-state index contributed by atoms with van der Waals surface area (Å²) in [7, 11) is 0. The molecule has 0 radical (unpaired) electrons. The first kappa shape index (κ1) is 25.9. The van der Waals surface area contributed by atoms with E-state index in [1.54, 1.807) is 0 Å². The molecule has 4 atom stereocenters. The lowest BCUT2D eigenvalue weighted by molar-refractivity contribution is -0.346. The molecule has 1 heterocycles. The molecule has 2 unspecified atom stereocenters. The summed E-state index contributed by atoms with van der Waals surface area (Å²) >= 11 is 0. The van der Waals surface area contributed by atoms with E-state index in [-0.39, 0.29) is 12.0 Å². The molecule has 0 aromatic heterocycles. The third-order valence-corrected chi connectivity index (χ3v) is 6.56. The Morgan fingerprint density at radius 3 is 2.23 bits per heavy atom. The minimum Gasteiger partial charge on any atom is -0.481 e. The maximum atomic E-state index is 11.1. The van der Waals surface area contributed by atoms with Gasteiger partial charge < -0.3 is 5.11 Å². The highest BCUT2D eigenvalue weighted by Gasteiger charge is 2.47. The predicted molar refractivity (Wildman–Crippen MR) is 126 cm³/mol. The zero-order valence-corrected chi connectivity index (χ0v) is 20.2. The number of carboxylic acid groups (broad SMARTS) is 1. The number of aliphatic carboxylic acids is 1. The van der Waals surface area contributed by atoms with E-state index < -0.39 is 11.6 Å². The number of hydrogen-bond donors (Lipinski definition) is 1. The highest BCUT2D eigenvalue weighted by molar-refractivity contribution is 5.68. The second-order valence-electron chi connectivity index (χ2n) is 10.6. The molecule has 0 bridgehead atoms. The van der Waals surface area contributed by atoms with Gasteiger partial charge in [0.15, 0.2) is 0 Å². The number of carbonyl (C=O) groups is 1. The van der Waals surface area contributed by atoms with Crippen molar-refractivity contribution in [3.8, 4) is 0 Å². The van der Waals surface area contributed by atoms with Crippen molar-refractivity contribution < 1.29 is 19.7 Å². The Balaban J connectivity index is 1.52. The highest BCUT2D eigenvalue weighted by Crippen LogP contribution is 2.42. The van der Waals surface area contributed by atoms with Crippen LogP contribution in [-0.2, 0) is 21.0 Å². The summed E-state index contributed by atoms with van der Waals surface area (Å²) in [5.74, 6) is 0.409. The zero-order chi connectivity index (χ0) is 22.7.